The van der Waals surface area contributed by atoms with Gasteiger partial charge >= 0.3 is 0 Å². The highest BCUT2D eigenvalue weighted by molar-refractivity contribution is 4.97. The maximum Gasteiger partial charge on any atom is 0.109 e. The van der Waals surface area contributed by atoms with Crippen LogP contribution in [0.1, 0.15) is 110 Å². The summed E-state index contributed by atoms with van der Waals surface area (Å²) in [6.07, 6.45) is 17.3. The normalized spacial score (nSPS) is 28.0. The molecule has 1 aliphatic heterocycles. The number of hydrogen-bond donors (Lipinski definition) is 5. The van der Waals surface area contributed by atoms with Crippen LogP contribution in [0.3, 0.4) is 0 Å². The molecule has 0 bridgehead atoms. The van der Waals surface area contributed by atoms with Crippen LogP contribution in [0.4, 0.5) is 0 Å². The van der Waals surface area contributed by atoms with Crippen molar-refractivity contribution in [2.75, 3.05) is 6.61 Å². The standard InChI is InChI=1S/C23H47NO4/c1-2-3-4-5-6-7-8-9-10-11-12-13-14-15-16-17-19-21(26)23(28)22(27)20(18-25)24-19/h19-28H,2-18H2,1H3/t19-,20+,21-,22+,23+/m0/s1. The van der Waals surface area contributed by atoms with Crippen molar-refractivity contribution in [3.63, 3.8) is 0 Å². The van der Waals surface area contributed by atoms with Crippen molar-refractivity contribution < 1.29 is 20.4 Å². The van der Waals surface area contributed by atoms with Crippen molar-refractivity contribution in [3.05, 3.63) is 0 Å². The molecular formula is C23H47NO4. The molecule has 0 saturated carbocycles. The Morgan fingerprint density at radius 1 is 0.536 bits per heavy atom. The predicted octanol–water partition coefficient (Wildman–Crippen LogP) is 3.66. The van der Waals surface area contributed by atoms with Gasteiger partial charge in [0.05, 0.1) is 24.9 Å². The fourth-order valence-electron chi connectivity index (χ4n) is 4.30. The molecule has 5 atom stereocenters. The maximum atomic E-state index is 10.1. The quantitative estimate of drug-likeness (QED) is 0.240. The third kappa shape index (κ3) is 10.5. The Kier molecular flexibility index (Phi) is 15.3. The van der Waals surface area contributed by atoms with E-state index in [4.69, 9.17) is 0 Å². The second kappa shape index (κ2) is 16.6. The minimum Gasteiger partial charge on any atom is -0.395 e. The summed E-state index contributed by atoms with van der Waals surface area (Å²) in [6, 6.07) is -0.808. The van der Waals surface area contributed by atoms with E-state index in [1.54, 1.807) is 0 Å². The van der Waals surface area contributed by atoms with E-state index in [9.17, 15) is 20.4 Å². The van der Waals surface area contributed by atoms with Crippen LogP contribution in [0.5, 0.6) is 0 Å². The fourth-order valence-corrected chi connectivity index (χ4v) is 4.30. The lowest BCUT2D eigenvalue weighted by Gasteiger charge is -2.41. The molecule has 1 rings (SSSR count). The number of hydrogen-bond acceptors (Lipinski definition) is 5. The molecule has 5 N–H and O–H groups in total. The Hall–Kier alpha value is -0.200. The van der Waals surface area contributed by atoms with Crippen LogP contribution in [0.2, 0.25) is 0 Å². The summed E-state index contributed by atoms with van der Waals surface area (Å²) in [5, 5.41) is 42.1. The molecule has 0 aliphatic carbocycles. The molecule has 0 spiro atoms. The summed E-state index contributed by atoms with van der Waals surface area (Å²) in [5.74, 6) is 0. The molecule has 5 heteroatoms. The van der Waals surface area contributed by atoms with E-state index in [-0.39, 0.29) is 12.6 Å². The van der Waals surface area contributed by atoms with E-state index in [1.807, 2.05) is 0 Å². The van der Waals surface area contributed by atoms with Gasteiger partial charge in [0, 0.05) is 6.04 Å². The summed E-state index contributed by atoms with van der Waals surface area (Å²) >= 11 is 0. The zero-order valence-corrected chi connectivity index (χ0v) is 18.2. The van der Waals surface area contributed by atoms with E-state index in [0.717, 1.165) is 19.3 Å². The van der Waals surface area contributed by atoms with E-state index in [0.29, 0.717) is 0 Å². The van der Waals surface area contributed by atoms with Gasteiger partial charge in [0.25, 0.3) is 0 Å². The zero-order chi connectivity index (χ0) is 20.6. The number of unbranched alkanes of at least 4 members (excludes halogenated alkanes) is 14. The molecule has 0 radical (unpaired) electrons. The first-order chi connectivity index (χ1) is 13.6. The van der Waals surface area contributed by atoms with Crippen molar-refractivity contribution in [3.8, 4) is 0 Å². The molecule has 28 heavy (non-hydrogen) atoms. The van der Waals surface area contributed by atoms with Gasteiger partial charge in [-0.15, -0.1) is 0 Å². The number of rotatable bonds is 17. The zero-order valence-electron chi connectivity index (χ0n) is 18.2. The van der Waals surface area contributed by atoms with Crippen LogP contribution in [0.25, 0.3) is 0 Å². The summed E-state index contributed by atoms with van der Waals surface area (Å²) in [7, 11) is 0. The van der Waals surface area contributed by atoms with Crippen molar-refractivity contribution in [1.29, 1.82) is 0 Å². The molecule has 0 aromatic carbocycles. The highest BCUT2D eigenvalue weighted by Gasteiger charge is 2.41. The van der Waals surface area contributed by atoms with Gasteiger partial charge in [0.15, 0.2) is 0 Å². The molecule has 1 heterocycles. The molecular weight excluding hydrogens is 354 g/mol. The Labute approximate surface area is 172 Å². The van der Waals surface area contributed by atoms with Crippen LogP contribution >= 0.6 is 0 Å². The van der Waals surface area contributed by atoms with E-state index < -0.39 is 24.4 Å². The molecule has 1 aliphatic rings. The lowest BCUT2D eigenvalue weighted by atomic mass is 9.88. The van der Waals surface area contributed by atoms with Gasteiger partial charge in [-0.3, -0.25) is 0 Å². The monoisotopic (exact) mass is 401 g/mol. The van der Waals surface area contributed by atoms with E-state index in [2.05, 4.69) is 12.2 Å². The minimum atomic E-state index is -1.18. The predicted molar refractivity (Wildman–Crippen MR) is 115 cm³/mol. The second-order valence-electron chi connectivity index (χ2n) is 8.77. The third-order valence-electron chi connectivity index (χ3n) is 6.27. The van der Waals surface area contributed by atoms with Crippen molar-refractivity contribution in [2.24, 2.45) is 0 Å². The van der Waals surface area contributed by atoms with Crippen molar-refractivity contribution >= 4 is 0 Å². The molecule has 0 aromatic heterocycles. The summed E-state index contributed by atoms with van der Waals surface area (Å²) in [5.41, 5.74) is 0. The summed E-state index contributed by atoms with van der Waals surface area (Å²) in [4.78, 5) is 0. The molecule has 1 saturated heterocycles. The summed E-state index contributed by atoms with van der Waals surface area (Å²) in [6.45, 7) is 2.03. The van der Waals surface area contributed by atoms with Crippen LogP contribution in [-0.2, 0) is 0 Å². The van der Waals surface area contributed by atoms with Gasteiger partial charge in [-0.05, 0) is 6.42 Å². The topological polar surface area (TPSA) is 93.0 Å². The van der Waals surface area contributed by atoms with Crippen LogP contribution in [0, 0.1) is 0 Å². The number of aliphatic hydroxyl groups excluding tert-OH is 4. The fraction of sp³-hybridized carbons (Fsp3) is 1.00. The molecule has 1 fully saturated rings. The second-order valence-corrected chi connectivity index (χ2v) is 8.77. The average molecular weight is 402 g/mol. The average Bonchev–Trinajstić information content (AvgIpc) is 2.70. The van der Waals surface area contributed by atoms with E-state index >= 15 is 0 Å². The lowest BCUT2D eigenvalue weighted by Crippen LogP contribution is -2.65. The molecule has 0 aromatic rings. The van der Waals surface area contributed by atoms with Crippen LogP contribution < -0.4 is 5.32 Å². The van der Waals surface area contributed by atoms with Crippen LogP contribution in [0.15, 0.2) is 0 Å². The molecule has 5 nitrogen and oxygen atoms in total. The van der Waals surface area contributed by atoms with Gasteiger partial charge in [-0.1, -0.05) is 103 Å². The maximum absolute atomic E-state index is 10.1. The van der Waals surface area contributed by atoms with Gasteiger partial charge in [-0.25, -0.2) is 0 Å². The van der Waals surface area contributed by atoms with Gasteiger partial charge in [-0.2, -0.15) is 0 Å². The van der Waals surface area contributed by atoms with Gasteiger partial charge in [0.1, 0.15) is 6.10 Å². The van der Waals surface area contributed by atoms with Crippen molar-refractivity contribution in [2.45, 2.75) is 140 Å². The first-order valence-corrected chi connectivity index (χ1v) is 12.0. The molecule has 0 unspecified atom stereocenters. The Balaban J connectivity index is 1.90. The first kappa shape index (κ1) is 25.8. The number of piperidine rings is 1. The molecule has 168 valence electrons. The number of aliphatic hydroxyl groups is 4. The Morgan fingerprint density at radius 2 is 0.929 bits per heavy atom. The smallest absolute Gasteiger partial charge is 0.109 e. The Morgan fingerprint density at radius 3 is 1.36 bits per heavy atom. The highest BCUT2D eigenvalue weighted by Crippen LogP contribution is 2.20. The summed E-state index contributed by atoms with van der Waals surface area (Å²) < 4.78 is 0. The third-order valence-corrected chi connectivity index (χ3v) is 6.27. The number of nitrogens with one attached hydrogen (secondary N) is 1. The van der Waals surface area contributed by atoms with Gasteiger partial charge in [0.2, 0.25) is 0 Å². The van der Waals surface area contributed by atoms with Crippen molar-refractivity contribution in [1.82, 2.24) is 5.32 Å². The lowest BCUT2D eigenvalue weighted by molar-refractivity contribution is -0.120. The van der Waals surface area contributed by atoms with Gasteiger partial charge < -0.3 is 25.7 Å². The highest BCUT2D eigenvalue weighted by atomic mass is 16.4. The molecule has 0 amide bonds. The largest absolute Gasteiger partial charge is 0.395 e. The first-order valence-electron chi connectivity index (χ1n) is 12.0. The minimum absolute atomic E-state index is 0.236. The SMILES string of the molecule is CCCCCCCCCCCCCCCCC[C@@H]1N[C@H](CO)[C@@H](O)[C@H](O)[C@H]1O. The van der Waals surface area contributed by atoms with Crippen LogP contribution in [-0.4, -0.2) is 57.4 Å². The van der Waals surface area contributed by atoms with E-state index in [1.165, 1.54) is 83.5 Å². The Bertz CT molecular complexity index is 353.